The van der Waals surface area contributed by atoms with Crippen LogP contribution in [0.1, 0.15) is 46.7 Å². The van der Waals surface area contributed by atoms with Gasteiger partial charge in [0, 0.05) is 36.5 Å². The Balaban J connectivity index is 1.53. The molecule has 1 atom stereocenters. The number of hydrogen-bond donors (Lipinski definition) is 1. The number of carbonyl (C=O) groups excluding carboxylic acids is 3. The number of nitrogens with zero attached hydrogens (tertiary/aromatic N) is 4. The minimum absolute atomic E-state index is 0.0748. The van der Waals surface area contributed by atoms with Crippen LogP contribution < -0.4 is 10.1 Å². The molecule has 2 aliphatic heterocycles. The van der Waals surface area contributed by atoms with Crippen LogP contribution in [0.5, 0.6) is 5.75 Å². The van der Waals surface area contributed by atoms with Crippen LogP contribution in [0.25, 0.3) is 11.1 Å². The predicted molar refractivity (Wildman–Crippen MR) is 149 cm³/mol. The Hall–Kier alpha value is -5.02. The number of fused-ring (bicyclic) bond motifs is 1. The van der Waals surface area contributed by atoms with Crippen molar-refractivity contribution < 1.29 is 19.1 Å². The third-order valence-electron chi connectivity index (χ3n) is 7.43. The van der Waals surface area contributed by atoms with Gasteiger partial charge in [0.15, 0.2) is 5.54 Å². The van der Waals surface area contributed by atoms with Crippen molar-refractivity contribution in [3.8, 4) is 40.7 Å². The molecule has 1 unspecified atom stereocenters. The number of aromatic nitrogens is 2. The highest BCUT2D eigenvalue weighted by Gasteiger charge is 2.56. The largest absolute Gasteiger partial charge is 0.481 e. The molecule has 4 amide bonds. The molecular weight excluding hydrogens is 506 g/mol. The summed E-state index contributed by atoms with van der Waals surface area (Å²) in [5.41, 5.74) is 4.16. The molecule has 202 valence electrons. The smallest absolute Gasteiger partial charge is 0.337 e. The first-order chi connectivity index (χ1) is 19.2. The Bertz CT molecular complexity index is 1670. The minimum Gasteiger partial charge on any atom is -0.481 e. The van der Waals surface area contributed by atoms with Gasteiger partial charge in [-0.3, -0.25) is 19.6 Å². The van der Waals surface area contributed by atoms with Crippen LogP contribution in [-0.2, 0) is 23.9 Å². The number of aryl methyl sites for hydroxylation is 2. The van der Waals surface area contributed by atoms with Gasteiger partial charge in [-0.25, -0.2) is 9.69 Å². The quantitative estimate of drug-likeness (QED) is 0.385. The molecule has 1 N–H and O–H groups in total. The van der Waals surface area contributed by atoms with Gasteiger partial charge in [0.05, 0.1) is 12.2 Å². The van der Waals surface area contributed by atoms with Crippen LogP contribution in [0.4, 0.5) is 4.79 Å². The maximum absolute atomic E-state index is 13.6. The van der Waals surface area contributed by atoms with Gasteiger partial charge in [-0.15, -0.1) is 5.92 Å². The Labute approximate surface area is 233 Å². The lowest BCUT2D eigenvalue weighted by Crippen LogP contribution is -2.53. The molecule has 0 spiro atoms. The number of imide groups is 1. The van der Waals surface area contributed by atoms with Gasteiger partial charge < -0.3 is 9.64 Å². The van der Waals surface area contributed by atoms with Gasteiger partial charge >= 0.3 is 6.03 Å². The standard InChI is InChI=1S/C31H29N5O4/c1-6-8-16-40-25-14-11-23-18-35(28(37)26(23)17-25)19-31(29(38)32-30(39)36(31)15-7-2)24-12-9-22(10-13-24)27-20(3)33-34(5)21(27)4/h9-14,17H,16,18-19H2,1-5H3,(H,32,38,39). The van der Waals surface area contributed by atoms with Gasteiger partial charge in [-0.1, -0.05) is 42.2 Å². The molecule has 0 bridgehead atoms. The van der Waals surface area contributed by atoms with Crippen molar-refractivity contribution in [1.29, 1.82) is 0 Å². The second kappa shape index (κ2) is 10.3. The molecule has 9 nitrogen and oxygen atoms in total. The highest BCUT2D eigenvalue weighted by Crippen LogP contribution is 2.38. The number of urea groups is 1. The zero-order valence-corrected chi connectivity index (χ0v) is 23.1. The second-order valence-corrected chi connectivity index (χ2v) is 9.76. The van der Waals surface area contributed by atoms with Crippen LogP contribution >= 0.6 is 0 Å². The number of carbonyl (C=O) groups is 3. The third kappa shape index (κ3) is 4.26. The number of amides is 4. The van der Waals surface area contributed by atoms with Crippen LogP contribution in [0.15, 0.2) is 42.5 Å². The fourth-order valence-corrected chi connectivity index (χ4v) is 5.41. The summed E-state index contributed by atoms with van der Waals surface area (Å²) in [4.78, 5) is 42.9. The van der Waals surface area contributed by atoms with E-state index in [9.17, 15) is 14.4 Å². The highest BCUT2D eigenvalue weighted by molar-refractivity contribution is 6.09. The number of hydrogen-bond acceptors (Lipinski definition) is 5. The fourth-order valence-electron chi connectivity index (χ4n) is 5.41. The fraction of sp³-hybridized carbons (Fsp3) is 0.290. The molecule has 3 aromatic rings. The molecule has 2 aliphatic rings. The van der Waals surface area contributed by atoms with E-state index in [0.29, 0.717) is 16.9 Å². The van der Waals surface area contributed by atoms with Crippen molar-refractivity contribution in [3.05, 3.63) is 70.5 Å². The number of ether oxygens (including phenoxy) is 1. The van der Waals surface area contributed by atoms with E-state index in [-0.39, 0.29) is 25.6 Å². The van der Waals surface area contributed by atoms with Gasteiger partial charge in [0.2, 0.25) is 0 Å². The summed E-state index contributed by atoms with van der Waals surface area (Å²) < 4.78 is 7.46. The molecule has 1 saturated heterocycles. The number of rotatable bonds is 6. The van der Waals surface area contributed by atoms with E-state index in [2.05, 4.69) is 34.2 Å². The lowest BCUT2D eigenvalue weighted by Gasteiger charge is -2.35. The SMILES string of the molecule is CC#CCOc1ccc2c(c1)C(=O)N(CC1(c3ccc(-c4c(C)nn(C)c4C)cc3)C(=O)NC(=O)N1C#CC)C2. The second-order valence-electron chi connectivity index (χ2n) is 9.76. The van der Waals surface area contributed by atoms with Crippen LogP contribution in [0, 0.1) is 37.7 Å². The average molecular weight is 536 g/mol. The van der Waals surface area contributed by atoms with Gasteiger partial charge in [-0.05, 0) is 56.5 Å². The Morgan fingerprint density at radius 2 is 1.80 bits per heavy atom. The molecular formula is C31H29N5O4. The normalized spacial score (nSPS) is 17.7. The molecule has 2 aromatic carbocycles. The van der Waals surface area contributed by atoms with Crippen molar-refractivity contribution in [2.75, 3.05) is 13.2 Å². The molecule has 1 aromatic heterocycles. The summed E-state index contributed by atoms with van der Waals surface area (Å²) >= 11 is 0. The van der Waals surface area contributed by atoms with Gasteiger partial charge in [-0.2, -0.15) is 5.10 Å². The van der Waals surface area contributed by atoms with E-state index in [1.54, 1.807) is 30.9 Å². The summed E-state index contributed by atoms with van der Waals surface area (Å²) in [6.07, 6.45) is 0. The van der Waals surface area contributed by atoms with Crippen LogP contribution in [0.2, 0.25) is 0 Å². The predicted octanol–water partition coefficient (Wildman–Crippen LogP) is 3.49. The van der Waals surface area contributed by atoms with Crippen LogP contribution in [-0.4, -0.2) is 50.6 Å². The van der Waals surface area contributed by atoms with E-state index in [4.69, 9.17) is 4.74 Å². The third-order valence-corrected chi connectivity index (χ3v) is 7.43. The Kier molecular flexibility index (Phi) is 6.83. The molecule has 0 radical (unpaired) electrons. The first kappa shape index (κ1) is 26.6. The maximum atomic E-state index is 13.6. The molecule has 40 heavy (non-hydrogen) atoms. The maximum Gasteiger partial charge on any atom is 0.337 e. The van der Waals surface area contributed by atoms with Crippen molar-refractivity contribution in [2.24, 2.45) is 7.05 Å². The van der Waals surface area contributed by atoms with Crippen molar-refractivity contribution in [3.63, 3.8) is 0 Å². The number of benzene rings is 2. The summed E-state index contributed by atoms with van der Waals surface area (Å²) in [7, 11) is 1.89. The zero-order valence-electron chi connectivity index (χ0n) is 23.1. The molecule has 1 fully saturated rings. The lowest BCUT2D eigenvalue weighted by atomic mass is 9.86. The van der Waals surface area contributed by atoms with Crippen LogP contribution in [0.3, 0.4) is 0 Å². The average Bonchev–Trinajstić information content (AvgIpc) is 3.47. The summed E-state index contributed by atoms with van der Waals surface area (Å²) in [5.74, 6) is 8.10. The topological polar surface area (TPSA) is 96.8 Å². The van der Waals surface area contributed by atoms with Crippen molar-refractivity contribution >= 4 is 17.8 Å². The summed E-state index contributed by atoms with van der Waals surface area (Å²) in [5, 5.41) is 6.92. The van der Waals surface area contributed by atoms with E-state index in [1.165, 1.54) is 4.90 Å². The van der Waals surface area contributed by atoms with E-state index < -0.39 is 17.5 Å². The van der Waals surface area contributed by atoms with E-state index in [1.807, 2.05) is 55.9 Å². The molecule has 0 saturated carbocycles. The molecule has 0 aliphatic carbocycles. The summed E-state index contributed by atoms with van der Waals surface area (Å²) in [6.45, 7) is 7.70. The van der Waals surface area contributed by atoms with Crippen molar-refractivity contribution in [1.82, 2.24) is 24.9 Å². The Morgan fingerprint density at radius 1 is 1.05 bits per heavy atom. The number of nitrogens with one attached hydrogen (secondary N) is 1. The zero-order chi connectivity index (χ0) is 28.6. The van der Waals surface area contributed by atoms with Gasteiger partial charge in [0.25, 0.3) is 11.8 Å². The lowest BCUT2D eigenvalue weighted by molar-refractivity contribution is -0.126. The van der Waals surface area contributed by atoms with Gasteiger partial charge in [0.1, 0.15) is 12.4 Å². The van der Waals surface area contributed by atoms with E-state index in [0.717, 1.165) is 28.1 Å². The van der Waals surface area contributed by atoms with Crippen molar-refractivity contribution in [2.45, 2.75) is 39.8 Å². The van der Waals surface area contributed by atoms with E-state index >= 15 is 0 Å². The first-order valence-corrected chi connectivity index (χ1v) is 12.8. The summed E-state index contributed by atoms with van der Waals surface area (Å²) in [6, 6.07) is 14.9. The Morgan fingerprint density at radius 3 is 2.45 bits per heavy atom. The first-order valence-electron chi connectivity index (χ1n) is 12.8. The molecule has 5 rings (SSSR count). The molecule has 9 heteroatoms. The highest BCUT2D eigenvalue weighted by atomic mass is 16.5. The monoisotopic (exact) mass is 535 g/mol. The molecule has 3 heterocycles. The minimum atomic E-state index is -1.54.